The van der Waals surface area contributed by atoms with E-state index >= 15 is 0 Å². The smallest absolute Gasteiger partial charge is 0.261 e. The normalized spacial score (nSPS) is 12.2. The van der Waals surface area contributed by atoms with Crippen molar-refractivity contribution in [3.8, 4) is 5.75 Å². The standard InChI is InChI=1S/C24H32N2O3/c1-6-25-23(28)18(2)26(16-19-10-8-7-9-11-19)22(27)17-29-21-14-12-20(13-15-21)24(3,4)5/h7-15,18H,6,16-17H2,1-5H3,(H,25,28)/t18-/m0/s1. The molecule has 0 saturated heterocycles. The Hall–Kier alpha value is -2.82. The molecule has 156 valence electrons. The summed E-state index contributed by atoms with van der Waals surface area (Å²) in [4.78, 5) is 26.8. The van der Waals surface area contributed by atoms with Crippen LogP contribution in [-0.4, -0.2) is 35.9 Å². The lowest BCUT2D eigenvalue weighted by Gasteiger charge is -2.28. The number of benzene rings is 2. The highest BCUT2D eigenvalue weighted by Crippen LogP contribution is 2.24. The van der Waals surface area contributed by atoms with E-state index in [2.05, 4.69) is 26.1 Å². The van der Waals surface area contributed by atoms with Crippen molar-refractivity contribution in [2.24, 2.45) is 0 Å². The Morgan fingerprint density at radius 2 is 1.66 bits per heavy atom. The highest BCUT2D eigenvalue weighted by atomic mass is 16.5. The summed E-state index contributed by atoms with van der Waals surface area (Å²) in [6.45, 7) is 10.8. The molecule has 0 aliphatic heterocycles. The van der Waals surface area contributed by atoms with Crippen molar-refractivity contribution in [2.75, 3.05) is 13.2 Å². The average molecular weight is 397 g/mol. The first-order chi connectivity index (χ1) is 13.7. The van der Waals surface area contributed by atoms with Gasteiger partial charge in [-0.15, -0.1) is 0 Å². The fraction of sp³-hybridized carbons (Fsp3) is 0.417. The third-order valence-corrected chi connectivity index (χ3v) is 4.80. The number of nitrogens with one attached hydrogen (secondary N) is 1. The van der Waals surface area contributed by atoms with Crippen LogP contribution in [0.5, 0.6) is 5.75 Å². The molecule has 0 aliphatic carbocycles. The molecule has 5 heteroatoms. The zero-order valence-corrected chi connectivity index (χ0v) is 18.1. The number of rotatable bonds is 8. The molecule has 0 saturated carbocycles. The van der Waals surface area contributed by atoms with Gasteiger partial charge < -0.3 is 15.0 Å². The van der Waals surface area contributed by atoms with Crippen LogP contribution in [0.3, 0.4) is 0 Å². The molecule has 2 rings (SSSR count). The minimum absolute atomic E-state index is 0.0584. The molecule has 2 aromatic carbocycles. The first-order valence-corrected chi connectivity index (χ1v) is 10.1. The van der Waals surface area contributed by atoms with Crippen LogP contribution in [0.4, 0.5) is 0 Å². The summed E-state index contributed by atoms with van der Waals surface area (Å²) in [5, 5.41) is 2.79. The van der Waals surface area contributed by atoms with Crippen LogP contribution in [0.2, 0.25) is 0 Å². The second-order valence-electron chi connectivity index (χ2n) is 8.14. The molecule has 0 heterocycles. The Bertz CT molecular complexity index is 795. The Kier molecular flexibility index (Phi) is 7.82. The lowest BCUT2D eigenvalue weighted by atomic mass is 9.87. The van der Waals surface area contributed by atoms with E-state index in [1.54, 1.807) is 11.8 Å². The van der Waals surface area contributed by atoms with Gasteiger partial charge in [-0.1, -0.05) is 63.2 Å². The lowest BCUT2D eigenvalue weighted by Crippen LogP contribution is -2.49. The number of nitrogens with zero attached hydrogens (tertiary/aromatic N) is 1. The number of hydrogen-bond donors (Lipinski definition) is 1. The van der Waals surface area contributed by atoms with Gasteiger partial charge >= 0.3 is 0 Å². The van der Waals surface area contributed by atoms with Gasteiger partial charge in [-0.25, -0.2) is 0 Å². The molecular formula is C24H32N2O3. The van der Waals surface area contributed by atoms with E-state index in [4.69, 9.17) is 4.74 Å². The fourth-order valence-corrected chi connectivity index (χ4v) is 2.96. The lowest BCUT2D eigenvalue weighted by molar-refractivity contribution is -0.142. The highest BCUT2D eigenvalue weighted by molar-refractivity contribution is 5.87. The Morgan fingerprint density at radius 1 is 1.03 bits per heavy atom. The van der Waals surface area contributed by atoms with Crippen molar-refractivity contribution in [3.63, 3.8) is 0 Å². The SMILES string of the molecule is CCNC(=O)[C@H](C)N(Cc1ccccc1)C(=O)COc1ccc(C(C)(C)C)cc1. The fourth-order valence-electron chi connectivity index (χ4n) is 2.96. The van der Waals surface area contributed by atoms with Gasteiger partial charge in [0.15, 0.2) is 6.61 Å². The average Bonchev–Trinajstić information content (AvgIpc) is 2.70. The van der Waals surface area contributed by atoms with Crippen LogP contribution in [0.25, 0.3) is 0 Å². The summed E-state index contributed by atoms with van der Waals surface area (Å²) >= 11 is 0. The van der Waals surface area contributed by atoms with Crippen molar-refractivity contribution in [3.05, 3.63) is 65.7 Å². The third-order valence-electron chi connectivity index (χ3n) is 4.80. The van der Waals surface area contributed by atoms with Gasteiger partial charge in [-0.05, 0) is 42.5 Å². The third kappa shape index (κ3) is 6.63. The molecule has 0 unspecified atom stereocenters. The molecular weight excluding hydrogens is 364 g/mol. The van der Waals surface area contributed by atoms with E-state index in [0.29, 0.717) is 18.8 Å². The minimum Gasteiger partial charge on any atom is -0.484 e. The van der Waals surface area contributed by atoms with Crippen LogP contribution >= 0.6 is 0 Å². The number of hydrogen-bond acceptors (Lipinski definition) is 3. The van der Waals surface area contributed by atoms with Crippen molar-refractivity contribution >= 4 is 11.8 Å². The van der Waals surface area contributed by atoms with Crippen LogP contribution < -0.4 is 10.1 Å². The summed E-state index contributed by atoms with van der Waals surface area (Å²) in [6.07, 6.45) is 0. The summed E-state index contributed by atoms with van der Waals surface area (Å²) in [7, 11) is 0. The summed E-state index contributed by atoms with van der Waals surface area (Å²) in [5.74, 6) is 0.232. The van der Waals surface area contributed by atoms with Crippen molar-refractivity contribution < 1.29 is 14.3 Å². The maximum atomic E-state index is 12.9. The topological polar surface area (TPSA) is 58.6 Å². The zero-order chi connectivity index (χ0) is 21.4. The highest BCUT2D eigenvalue weighted by Gasteiger charge is 2.26. The molecule has 0 fully saturated rings. The van der Waals surface area contributed by atoms with E-state index in [9.17, 15) is 9.59 Å². The number of likely N-dealkylation sites (N-methyl/N-ethyl adjacent to an activating group) is 1. The van der Waals surface area contributed by atoms with Crippen LogP contribution in [-0.2, 0) is 21.5 Å². The molecule has 0 bridgehead atoms. The molecule has 0 aromatic heterocycles. The summed E-state index contributed by atoms with van der Waals surface area (Å²) in [6, 6.07) is 16.8. The first kappa shape index (κ1) is 22.5. The van der Waals surface area contributed by atoms with E-state index < -0.39 is 6.04 Å². The second-order valence-corrected chi connectivity index (χ2v) is 8.14. The maximum Gasteiger partial charge on any atom is 0.261 e. The molecule has 1 atom stereocenters. The van der Waals surface area contributed by atoms with Gasteiger partial charge in [0.1, 0.15) is 11.8 Å². The van der Waals surface area contributed by atoms with Gasteiger partial charge in [-0.3, -0.25) is 9.59 Å². The molecule has 0 aliphatic rings. The number of carbonyl (C=O) groups is 2. The largest absolute Gasteiger partial charge is 0.484 e. The summed E-state index contributed by atoms with van der Waals surface area (Å²) < 4.78 is 5.72. The number of amides is 2. The van der Waals surface area contributed by atoms with Crippen molar-refractivity contribution in [2.45, 2.75) is 52.6 Å². The molecule has 0 radical (unpaired) electrons. The van der Waals surface area contributed by atoms with Crippen LogP contribution in [0.15, 0.2) is 54.6 Å². The zero-order valence-electron chi connectivity index (χ0n) is 18.1. The van der Waals surface area contributed by atoms with Gasteiger partial charge in [0, 0.05) is 13.1 Å². The molecule has 2 amide bonds. The molecule has 0 spiro atoms. The van der Waals surface area contributed by atoms with Crippen molar-refractivity contribution in [1.29, 1.82) is 0 Å². The predicted octanol–water partition coefficient (Wildman–Crippen LogP) is 3.92. The van der Waals surface area contributed by atoms with E-state index in [-0.39, 0.29) is 23.8 Å². The molecule has 5 nitrogen and oxygen atoms in total. The Morgan fingerprint density at radius 3 is 2.21 bits per heavy atom. The van der Waals surface area contributed by atoms with Gasteiger partial charge in [0.05, 0.1) is 0 Å². The number of ether oxygens (including phenoxy) is 1. The van der Waals surface area contributed by atoms with Gasteiger partial charge in [0.25, 0.3) is 5.91 Å². The van der Waals surface area contributed by atoms with Crippen molar-refractivity contribution in [1.82, 2.24) is 10.2 Å². The molecule has 29 heavy (non-hydrogen) atoms. The maximum absolute atomic E-state index is 12.9. The predicted molar refractivity (Wildman–Crippen MR) is 116 cm³/mol. The minimum atomic E-state index is -0.588. The molecule has 1 N–H and O–H groups in total. The first-order valence-electron chi connectivity index (χ1n) is 10.1. The van der Waals surface area contributed by atoms with E-state index in [1.165, 1.54) is 5.56 Å². The van der Waals surface area contributed by atoms with Gasteiger partial charge in [-0.2, -0.15) is 0 Å². The summed E-state index contributed by atoms with van der Waals surface area (Å²) in [5.41, 5.74) is 2.22. The van der Waals surface area contributed by atoms with E-state index in [0.717, 1.165) is 5.56 Å². The Balaban J connectivity index is 2.08. The van der Waals surface area contributed by atoms with Crippen LogP contribution in [0, 0.1) is 0 Å². The molecule has 2 aromatic rings. The number of carbonyl (C=O) groups excluding carboxylic acids is 2. The van der Waals surface area contributed by atoms with Gasteiger partial charge in [0.2, 0.25) is 5.91 Å². The Labute approximate surface area is 174 Å². The monoisotopic (exact) mass is 396 g/mol. The van der Waals surface area contributed by atoms with E-state index in [1.807, 2.05) is 61.5 Å². The second kappa shape index (κ2) is 10.1. The van der Waals surface area contributed by atoms with Crippen LogP contribution in [0.1, 0.15) is 45.7 Å². The quantitative estimate of drug-likeness (QED) is 0.736.